The van der Waals surface area contributed by atoms with Crippen molar-refractivity contribution in [1.82, 2.24) is 9.97 Å². The highest BCUT2D eigenvalue weighted by Crippen LogP contribution is 2.30. The molecule has 0 amide bonds. The van der Waals surface area contributed by atoms with Gasteiger partial charge in [-0.1, -0.05) is 62.6 Å². The average Bonchev–Trinajstić information content (AvgIpc) is 2.79. The molecule has 172 valence electrons. The van der Waals surface area contributed by atoms with Gasteiger partial charge in [-0.15, -0.1) is 0 Å². The van der Waals surface area contributed by atoms with Gasteiger partial charge in [0, 0.05) is 10.4 Å². The SMILES string of the molecule is CC(C)c1ccc2nc(C=Cc3ccc(Cl)cc3)nc(NC3CCCCC3N=C(N)N)c2c1. The zero-order valence-corrected chi connectivity index (χ0v) is 19.9. The molecule has 0 aliphatic heterocycles. The molecule has 0 saturated heterocycles. The number of benzene rings is 2. The van der Waals surface area contributed by atoms with E-state index in [9.17, 15) is 0 Å². The zero-order valence-electron chi connectivity index (χ0n) is 19.1. The quantitative estimate of drug-likeness (QED) is 0.328. The predicted molar refractivity (Wildman–Crippen MR) is 139 cm³/mol. The van der Waals surface area contributed by atoms with Crippen LogP contribution < -0.4 is 16.8 Å². The molecule has 1 aliphatic carbocycles. The number of fused-ring (bicyclic) bond motifs is 1. The van der Waals surface area contributed by atoms with E-state index in [1.54, 1.807) is 0 Å². The van der Waals surface area contributed by atoms with Crippen molar-refractivity contribution < 1.29 is 0 Å². The van der Waals surface area contributed by atoms with Crippen molar-refractivity contribution in [3.63, 3.8) is 0 Å². The summed E-state index contributed by atoms with van der Waals surface area (Å²) in [5.74, 6) is 2.01. The summed E-state index contributed by atoms with van der Waals surface area (Å²) in [6.45, 7) is 4.38. The van der Waals surface area contributed by atoms with Crippen LogP contribution in [0, 0.1) is 0 Å². The Labute approximate surface area is 200 Å². The van der Waals surface area contributed by atoms with Gasteiger partial charge in [-0.05, 0) is 60.2 Å². The van der Waals surface area contributed by atoms with E-state index in [2.05, 4.69) is 42.4 Å². The van der Waals surface area contributed by atoms with Crippen LogP contribution in [0.4, 0.5) is 5.82 Å². The van der Waals surface area contributed by atoms with Gasteiger partial charge < -0.3 is 16.8 Å². The van der Waals surface area contributed by atoms with Crippen LogP contribution in [0.5, 0.6) is 0 Å². The van der Waals surface area contributed by atoms with E-state index in [0.29, 0.717) is 16.8 Å². The molecule has 0 bridgehead atoms. The lowest BCUT2D eigenvalue weighted by atomic mass is 9.90. The number of nitrogens with zero attached hydrogens (tertiary/aromatic N) is 3. The fraction of sp³-hybridized carbons (Fsp3) is 0.346. The molecule has 1 fully saturated rings. The zero-order chi connectivity index (χ0) is 23.4. The van der Waals surface area contributed by atoms with Gasteiger partial charge in [0.1, 0.15) is 5.82 Å². The fourth-order valence-electron chi connectivity index (χ4n) is 4.25. The lowest BCUT2D eigenvalue weighted by Gasteiger charge is -2.30. The molecule has 33 heavy (non-hydrogen) atoms. The minimum absolute atomic E-state index is 0.0371. The maximum atomic E-state index is 6.00. The highest BCUT2D eigenvalue weighted by molar-refractivity contribution is 6.30. The van der Waals surface area contributed by atoms with Crippen molar-refractivity contribution in [1.29, 1.82) is 0 Å². The van der Waals surface area contributed by atoms with E-state index in [4.69, 9.17) is 33.0 Å². The molecular formula is C26H31ClN6. The second-order valence-electron chi connectivity index (χ2n) is 8.90. The first-order valence-corrected chi connectivity index (χ1v) is 11.9. The first-order chi connectivity index (χ1) is 15.9. The molecule has 2 unspecified atom stereocenters. The summed E-state index contributed by atoms with van der Waals surface area (Å²) in [5, 5.41) is 5.40. The second-order valence-corrected chi connectivity index (χ2v) is 9.34. The molecule has 5 N–H and O–H groups in total. The van der Waals surface area contributed by atoms with Gasteiger partial charge in [0.25, 0.3) is 0 Å². The smallest absolute Gasteiger partial charge is 0.186 e. The third-order valence-electron chi connectivity index (χ3n) is 6.07. The van der Waals surface area contributed by atoms with Gasteiger partial charge in [-0.25, -0.2) is 15.0 Å². The number of nitrogens with two attached hydrogens (primary N) is 2. The summed E-state index contributed by atoms with van der Waals surface area (Å²) in [4.78, 5) is 14.2. The first kappa shape index (κ1) is 23.1. The summed E-state index contributed by atoms with van der Waals surface area (Å²) in [6.07, 6.45) is 8.13. The molecular weight excluding hydrogens is 432 g/mol. The molecule has 2 atom stereocenters. The Morgan fingerprint density at radius 1 is 1.06 bits per heavy atom. The van der Waals surface area contributed by atoms with Crippen molar-refractivity contribution >= 4 is 46.4 Å². The van der Waals surface area contributed by atoms with Crippen molar-refractivity contribution in [3.8, 4) is 0 Å². The summed E-state index contributed by atoms with van der Waals surface area (Å²) < 4.78 is 0. The van der Waals surface area contributed by atoms with Crippen LogP contribution in [0.25, 0.3) is 23.1 Å². The molecule has 2 aromatic carbocycles. The number of guanidine groups is 1. The van der Waals surface area contributed by atoms with Gasteiger partial charge in [0.2, 0.25) is 0 Å². The second kappa shape index (κ2) is 10.2. The number of halogens is 1. The van der Waals surface area contributed by atoms with E-state index >= 15 is 0 Å². The largest absolute Gasteiger partial charge is 0.370 e. The van der Waals surface area contributed by atoms with Crippen LogP contribution in [0.15, 0.2) is 47.5 Å². The third-order valence-corrected chi connectivity index (χ3v) is 6.32. The third kappa shape index (κ3) is 5.82. The number of rotatable bonds is 6. The number of hydrogen-bond acceptors (Lipinski definition) is 4. The number of aliphatic imine (C=N–C) groups is 1. The maximum Gasteiger partial charge on any atom is 0.186 e. The summed E-state index contributed by atoms with van der Waals surface area (Å²) in [5.41, 5.74) is 14.6. The van der Waals surface area contributed by atoms with Gasteiger partial charge in [0.15, 0.2) is 11.8 Å². The van der Waals surface area contributed by atoms with Gasteiger partial charge >= 0.3 is 0 Å². The number of aromatic nitrogens is 2. The van der Waals surface area contributed by atoms with E-state index in [1.807, 2.05) is 36.4 Å². The number of hydrogen-bond donors (Lipinski definition) is 3. The standard InChI is InChI=1S/C26H31ClN6/c1-16(2)18-10-13-21-20(15-18)25(31-22-5-3-4-6-23(22)32-26(28)29)33-24(30-21)14-9-17-7-11-19(27)12-8-17/h7-16,22-23H,3-6H2,1-2H3,(H4,28,29,32)(H,30,31,33). The molecule has 6 nitrogen and oxygen atoms in total. The monoisotopic (exact) mass is 462 g/mol. The predicted octanol–water partition coefficient (Wildman–Crippen LogP) is 5.57. The van der Waals surface area contributed by atoms with Crippen LogP contribution >= 0.6 is 11.6 Å². The topological polar surface area (TPSA) is 102 Å². The fourth-order valence-corrected chi connectivity index (χ4v) is 4.38. The summed E-state index contributed by atoms with van der Waals surface area (Å²) >= 11 is 6.00. The molecule has 0 spiro atoms. The Balaban J connectivity index is 1.73. The number of nitrogens with one attached hydrogen (secondary N) is 1. The highest BCUT2D eigenvalue weighted by Gasteiger charge is 2.26. The van der Waals surface area contributed by atoms with E-state index in [1.165, 1.54) is 5.56 Å². The van der Waals surface area contributed by atoms with E-state index in [-0.39, 0.29) is 18.0 Å². The normalized spacial score (nSPS) is 18.7. The van der Waals surface area contributed by atoms with Crippen molar-refractivity contribution in [2.45, 2.75) is 57.5 Å². The van der Waals surface area contributed by atoms with E-state index in [0.717, 1.165) is 48.0 Å². The maximum absolute atomic E-state index is 6.00. The Bertz CT molecular complexity index is 1170. The minimum Gasteiger partial charge on any atom is -0.370 e. The Morgan fingerprint density at radius 3 is 2.55 bits per heavy atom. The summed E-state index contributed by atoms with van der Waals surface area (Å²) in [6, 6.07) is 14.2. The van der Waals surface area contributed by atoms with Crippen LogP contribution in [0.1, 0.15) is 62.4 Å². The lowest BCUT2D eigenvalue weighted by Crippen LogP contribution is -2.38. The van der Waals surface area contributed by atoms with Crippen LogP contribution in [0.3, 0.4) is 0 Å². The Kier molecular flexibility index (Phi) is 7.14. The molecule has 4 rings (SSSR count). The Morgan fingerprint density at radius 2 is 1.82 bits per heavy atom. The lowest BCUT2D eigenvalue weighted by molar-refractivity contribution is 0.405. The first-order valence-electron chi connectivity index (χ1n) is 11.5. The molecule has 3 aromatic rings. The van der Waals surface area contributed by atoms with Crippen molar-refractivity contribution in [3.05, 3.63) is 64.4 Å². The average molecular weight is 463 g/mol. The molecule has 1 aliphatic rings. The van der Waals surface area contributed by atoms with Crippen LogP contribution in [-0.2, 0) is 0 Å². The number of anilines is 1. The van der Waals surface area contributed by atoms with Crippen LogP contribution in [-0.4, -0.2) is 28.0 Å². The molecule has 1 aromatic heterocycles. The molecule has 7 heteroatoms. The van der Waals surface area contributed by atoms with Crippen LogP contribution in [0.2, 0.25) is 5.02 Å². The Hall–Kier alpha value is -3.12. The molecule has 1 heterocycles. The van der Waals surface area contributed by atoms with Gasteiger partial charge in [-0.2, -0.15) is 0 Å². The van der Waals surface area contributed by atoms with Crippen molar-refractivity contribution in [2.75, 3.05) is 5.32 Å². The van der Waals surface area contributed by atoms with E-state index < -0.39 is 0 Å². The summed E-state index contributed by atoms with van der Waals surface area (Å²) in [7, 11) is 0. The van der Waals surface area contributed by atoms with Gasteiger partial charge in [0.05, 0.1) is 17.6 Å². The minimum atomic E-state index is 0.0371. The van der Waals surface area contributed by atoms with Gasteiger partial charge in [-0.3, -0.25) is 0 Å². The van der Waals surface area contributed by atoms with Crippen molar-refractivity contribution in [2.24, 2.45) is 16.5 Å². The molecule has 1 saturated carbocycles. The molecule has 0 radical (unpaired) electrons. The highest BCUT2D eigenvalue weighted by atomic mass is 35.5.